The number of morpholine rings is 1. The van der Waals surface area contributed by atoms with E-state index in [1.54, 1.807) is 48.8 Å². The molecular weight excluding hydrogens is 446 g/mol. The van der Waals surface area contributed by atoms with Crippen LogP contribution in [0.5, 0.6) is 5.75 Å². The van der Waals surface area contributed by atoms with Gasteiger partial charge in [-0.25, -0.2) is 0 Å². The average Bonchev–Trinajstić information content (AvgIpc) is 3.13. The van der Waals surface area contributed by atoms with Crippen molar-refractivity contribution in [1.82, 2.24) is 9.88 Å². The van der Waals surface area contributed by atoms with E-state index in [0.29, 0.717) is 35.9 Å². The Morgan fingerprint density at radius 1 is 1.20 bits per heavy atom. The molecule has 4 rings (SSSR count). The number of quaternary nitrogens is 1. The molecule has 1 unspecified atom stereocenters. The Hall–Kier alpha value is -3.23. The maximum Gasteiger partial charge on any atom is 0.295 e. The fourth-order valence-electron chi connectivity index (χ4n) is 4.52. The molecule has 0 bridgehead atoms. The Balaban J connectivity index is 1.59. The molecule has 1 N–H and O–H groups in total. The molecular formula is C27H33N3O5. The highest BCUT2D eigenvalue weighted by molar-refractivity contribution is 6.46. The van der Waals surface area contributed by atoms with Gasteiger partial charge in [0.05, 0.1) is 32.4 Å². The number of hydrogen-bond donors (Lipinski definition) is 1. The first kappa shape index (κ1) is 24.9. The van der Waals surface area contributed by atoms with E-state index in [2.05, 4.69) is 18.8 Å². The summed E-state index contributed by atoms with van der Waals surface area (Å²) in [5.74, 6) is -0.761. The first-order valence-corrected chi connectivity index (χ1v) is 12.3. The normalized spacial score (nSPS) is 20.5. The highest BCUT2D eigenvalue weighted by Crippen LogP contribution is 2.38. The third-order valence-corrected chi connectivity index (χ3v) is 6.36. The summed E-state index contributed by atoms with van der Waals surface area (Å²) in [4.78, 5) is 33.3. The molecule has 2 saturated heterocycles. The van der Waals surface area contributed by atoms with Gasteiger partial charge in [0.15, 0.2) is 0 Å². The van der Waals surface area contributed by atoms with Gasteiger partial charge in [-0.05, 0) is 35.2 Å². The highest BCUT2D eigenvalue weighted by Gasteiger charge is 2.44. The molecule has 2 fully saturated rings. The van der Waals surface area contributed by atoms with E-state index in [0.717, 1.165) is 39.3 Å². The Morgan fingerprint density at radius 2 is 1.94 bits per heavy atom. The van der Waals surface area contributed by atoms with E-state index in [-0.39, 0.29) is 5.57 Å². The average molecular weight is 480 g/mol. The molecule has 3 heterocycles. The third-order valence-electron chi connectivity index (χ3n) is 6.36. The number of nitrogens with one attached hydrogen (secondary N) is 1. The van der Waals surface area contributed by atoms with Gasteiger partial charge < -0.3 is 24.4 Å². The van der Waals surface area contributed by atoms with Crippen molar-refractivity contribution in [2.75, 3.05) is 46.0 Å². The molecule has 1 aromatic heterocycles. The maximum atomic E-state index is 13.5. The topological polar surface area (TPSA) is 96.2 Å². The lowest BCUT2D eigenvalue weighted by molar-refractivity contribution is -0.908. The van der Waals surface area contributed by atoms with Crippen molar-refractivity contribution >= 4 is 17.4 Å². The third kappa shape index (κ3) is 5.89. The van der Waals surface area contributed by atoms with Crippen LogP contribution >= 0.6 is 0 Å². The molecule has 1 aromatic carbocycles. The van der Waals surface area contributed by atoms with Crippen LogP contribution in [0.3, 0.4) is 0 Å². The van der Waals surface area contributed by atoms with E-state index >= 15 is 0 Å². The number of ketones is 1. The van der Waals surface area contributed by atoms with Crippen molar-refractivity contribution in [1.29, 1.82) is 0 Å². The van der Waals surface area contributed by atoms with Crippen LogP contribution in [0.1, 0.15) is 37.4 Å². The number of rotatable bonds is 9. The summed E-state index contributed by atoms with van der Waals surface area (Å²) in [6.45, 7) is 9.31. The minimum atomic E-state index is -0.743. The van der Waals surface area contributed by atoms with E-state index in [9.17, 15) is 14.7 Å². The van der Waals surface area contributed by atoms with Crippen molar-refractivity contribution in [2.24, 2.45) is 5.92 Å². The molecule has 2 aliphatic rings. The molecule has 1 amide bonds. The Labute approximate surface area is 206 Å². The molecule has 186 valence electrons. The number of benzene rings is 1. The standard InChI is InChI=1S/C27H33N3O5/c1-19(2)18-35-22-8-6-20(7-9-22)25(31)23-24(21-5-3-10-28-17-21)30(27(33)26(23)32)12-4-11-29-13-15-34-16-14-29/h3,5-10,17,19,24,31H,4,11-16,18H2,1-2H3. The van der Waals surface area contributed by atoms with E-state index in [1.807, 2.05) is 0 Å². The zero-order chi connectivity index (χ0) is 24.8. The molecule has 35 heavy (non-hydrogen) atoms. The number of carbonyl (C=O) groups is 2. The van der Waals surface area contributed by atoms with Crippen molar-refractivity contribution in [3.05, 3.63) is 65.5 Å². The Kier molecular flexibility index (Phi) is 8.15. The SMILES string of the molecule is CC(C)COc1ccc(C([O-])=C2C(=O)C(=O)N(CCC[NH+]3CCOCC3)C2c2cccnc2)cc1. The quantitative estimate of drug-likeness (QED) is 0.322. The number of ether oxygens (including phenoxy) is 2. The predicted molar refractivity (Wildman–Crippen MR) is 128 cm³/mol. The number of amides is 1. The predicted octanol–water partition coefficient (Wildman–Crippen LogP) is 0.646. The van der Waals surface area contributed by atoms with Crippen LogP contribution in [0, 0.1) is 5.92 Å². The number of carbonyl (C=O) groups excluding carboxylic acids is 2. The van der Waals surface area contributed by atoms with Gasteiger partial charge in [-0.3, -0.25) is 14.6 Å². The Bertz CT molecular complexity index is 1050. The monoisotopic (exact) mass is 479 g/mol. The van der Waals surface area contributed by atoms with E-state index in [1.165, 1.54) is 9.80 Å². The highest BCUT2D eigenvalue weighted by atomic mass is 16.5. The second-order valence-corrected chi connectivity index (χ2v) is 9.45. The number of likely N-dealkylation sites (tertiary alicyclic amines) is 1. The lowest BCUT2D eigenvalue weighted by Crippen LogP contribution is -3.14. The number of aromatic nitrogens is 1. The number of hydrogen-bond acceptors (Lipinski definition) is 6. The largest absolute Gasteiger partial charge is 0.872 e. The minimum absolute atomic E-state index is 0.0161. The van der Waals surface area contributed by atoms with Gasteiger partial charge in [0.25, 0.3) is 5.91 Å². The van der Waals surface area contributed by atoms with Crippen LogP contribution < -0.4 is 14.7 Å². The summed E-state index contributed by atoms with van der Waals surface area (Å²) >= 11 is 0. The Morgan fingerprint density at radius 3 is 2.60 bits per heavy atom. The van der Waals surface area contributed by atoms with Gasteiger partial charge in [0, 0.05) is 30.9 Å². The number of nitrogens with zero attached hydrogens (tertiary/aromatic N) is 2. The van der Waals surface area contributed by atoms with Gasteiger partial charge in [0.2, 0.25) is 5.78 Å². The number of pyridine rings is 1. The molecule has 2 aliphatic heterocycles. The second-order valence-electron chi connectivity index (χ2n) is 9.45. The summed E-state index contributed by atoms with van der Waals surface area (Å²) in [6, 6.07) is 9.55. The molecule has 0 radical (unpaired) electrons. The molecule has 0 aliphatic carbocycles. The van der Waals surface area contributed by atoms with Gasteiger partial charge >= 0.3 is 0 Å². The molecule has 1 atom stereocenters. The van der Waals surface area contributed by atoms with E-state index in [4.69, 9.17) is 9.47 Å². The fraction of sp³-hybridized carbons (Fsp3) is 0.444. The molecule has 8 nitrogen and oxygen atoms in total. The van der Waals surface area contributed by atoms with Crippen LogP contribution in [-0.2, 0) is 14.3 Å². The van der Waals surface area contributed by atoms with Crippen LogP contribution in [0.2, 0.25) is 0 Å². The molecule has 0 spiro atoms. The zero-order valence-corrected chi connectivity index (χ0v) is 20.4. The van der Waals surface area contributed by atoms with Crippen molar-refractivity contribution < 1.29 is 29.1 Å². The van der Waals surface area contributed by atoms with E-state index < -0.39 is 23.5 Å². The van der Waals surface area contributed by atoms with Crippen molar-refractivity contribution in [2.45, 2.75) is 26.3 Å². The van der Waals surface area contributed by atoms with Crippen molar-refractivity contribution in [3.63, 3.8) is 0 Å². The van der Waals surface area contributed by atoms with Crippen LogP contribution in [0.25, 0.3) is 5.76 Å². The van der Waals surface area contributed by atoms with Gasteiger partial charge in [-0.2, -0.15) is 0 Å². The molecule has 8 heteroatoms. The summed E-state index contributed by atoms with van der Waals surface area (Å²) in [5, 5.41) is 13.5. The first-order valence-electron chi connectivity index (χ1n) is 12.3. The lowest BCUT2D eigenvalue weighted by atomic mass is 9.96. The van der Waals surface area contributed by atoms with Crippen molar-refractivity contribution in [3.8, 4) is 5.75 Å². The van der Waals surface area contributed by atoms with Gasteiger partial charge in [-0.1, -0.05) is 37.8 Å². The van der Waals surface area contributed by atoms with Crippen LogP contribution in [0.15, 0.2) is 54.4 Å². The van der Waals surface area contributed by atoms with Crippen LogP contribution in [-0.4, -0.2) is 67.6 Å². The van der Waals surface area contributed by atoms with Gasteiger partial charge in [0.1, 0.15) is 18.8 Å². The summed E-state index contributed by atoms with van der Waals surface area (Å²) in [6.07, 6.45) is 3.98. The first-order chi connectivity index (χ1) is 17.0. The number of Topliss-reactive ketones (excluding diaryl/α,β-unsaturated/α-hetero) is 1. The second kappa shape index (κ2) is 11.5. The molecule has 0 saturated carbocycles. The summed E-state index contributed by atoms with van der Waals surface area (Å²) < 4.78 is 11.1. The lowest BCUT2D eigenvalue weighted by Gasteiger charge is -2.28. The minimum Gasteiger partial charge on any atom is -0.872 e. The van der Waals surface area contributed by atoms with Crippen LogP contribution in [0.4, 0.5) is 0 Å². The fourth-order valence-corrected chi connectivity index (χ4v) is 4.52. The molecule has 2 aromatic rings. The zero-order valence-electron chi connectivity index (χ0n) is 20.4. The summed E-state index contributed by atoms with van der Waals surface area (Å²) in [7, 11) is 0. The maximum absolute atomic E-state index is 13.5. The summed E-state index contributed by atoms with van der Waals surface area (Å²) in [5.41, 5.74) is 0.995. The van der Waals surface area contributed by atoms with Gasteiger partial charge in [-0.15, -0.1) is 0 Å². The smallest absolute Gasteiger partial charge is 0.295 e.